The minimum atomic E-state index is -0.802. The normalized spacial score (nSPS) is 21.5. The number of rotatable bonds is 4. The Kier molecular flexibility index (Phi) is 3.46. The van der Waals surface area contributed by atoms with Crippen molar-refractivity contribution in [1.29, 1.82) is 0 Å². The van der Waals surface area contributed by atoms with Crippen molar-refractivity contribution in [2.75, 3.05) is 5.32 Å². The average molecular weight is 307 g/mol. The summed E-state index contributed by atoms with van der Waals surface area (Å²) in [7, 11) is 0. The maximum absolute atomic E-state index is 11.3. The molecule has 0 radical (unpaired) electrons. The number of nitrogens with one attached hydrogen (secondary N) is 1. The highest BCUT2D eigenvalue weighted by molar-refractivity contribution is 7.16. The van der Waals surface area contributed by atoms with Crippen LogP contribution < -0.4 is 5.32 Å². The molecule has 3 rings (SSSR count). The van der Waals surface area contributed by atoms with Crippen LogP contribution in [0.2, 0.25) is 0 Å². The number of nitro benzene ring substituents is 1. The van der Waals surface area contributed by atoms with Gasteiger partial charge in [-0.25, -0.2) is 4.98 Å². The Morgan fingerprint density at radius 2 is 2.29 bits per heavy atom. The van der Waals surface area contributed by atoms with Gasteiger partial charge in [0.2, 0.25) is 0 Å². The fraction of sp³-hybridized carbons (Fsp3) is 0.385. The third kappa shape index (κ3) is 2.54. The van der Waals surface area contributed by atoms with Crippen LogP contribution in [0.5, 0.6) is 0 Å². The van der Waals surface area contributed by atoms with E-state index in [1.807, 2.05) is 0 Å². The van der Waals surface area contributed by atoms with Crippen molar-refractivity contribution in [1.82, 2.24) is 4.98 Å². The zero-order valence-electron chi connectivity index (χ0n) is 11.0. The molecule has 7 nitrogen and oxygen atoms in total. The SMILES string of the molecule is O=C(O)[C@@H]1CC[C@H](Nc2ccc3scnc3c2[N+](=O)[O-])C1. The molecule has 1 saturated carbocycles. The van der Waals surface area contributed by atoms with Gasteiger partial charge in [-0.3, -0.25) is 14.9 Å². The van der Waals surface area contributed by atoms with Crippen LogP contribution in [0.15, 0.2) is 17.6 Å². The lowest BCUT2D eigenvalue weighted by atomic mass is 10.1. The average Bonchev–Trinajstić information content (AvgIpc) is 3.06. The van der Waals surface area contributed by atoms with Crippen LogP contribution in [-0.4, -0.2) is 27.0 Å². The largest absolute Gasteiger partial charge is 0.481 e. The number of nitrogens with zero attached hydrogens (tertiary/aromatic N) is 2. The standard InChI is InChI=1S/C13H13N3O4S/c17-13(18)7-1-2-8(5-7)15-9-3-4-10-11(14-6-21-10)12(9)16(19)20/h3-4,6-8,15H,1-2,5H2,(H,17,18)/t7-,8+/m1/s1. The fourth-order valence-corrected chi connectivity index (χ4v) is 3.45. The molecule has 2 atom stereocenters. The molecule has 0 saturated heterocycles. The van der Waals surface area contributed by atoms with Gasteiger partial charge in [-0.15, -0.1) is 11.3 Å². The smallest absolute Gasteiger partial charge is 0.319 e. The zero-order chi connectivity index (χ0) is 15.0. The molecule has 8 heteroatoms. The van der Waals surface area contributed by atoms with Gasteiger partial charge < -0.3 is 10.4 Å². The Hall–Kier alpha value is -2.22. The van der Waals surface area contributed by atoms with Crippen molar-refractivity contribution in [3.8, 4) is 0 Å². The summed E-state index contributed by atoms with van der Waals surface area (Å²) in [4.78, 5) is 25.9. The minimum absolute atomic E-state index is 0.0347. The minimum Gasteiger partial charge on any atom is -0.481 e. The molecule has 2 aromatic rings. The highest BCUT2D eigenvalue weighted by Gasteiger charge is 2.31. The van der Waals surface area contributed by atoms with Crippen molar-refractivity contribution in [3.63, 3.8) is 0 Å². The second-order valence-electron chi connectivity index (χ2n) is 5.11. The summed E-state index contributed by atoms with van der Waals surface area (Å²) in [6.07, 6.45) is 1.78. The highest BCUT2D eigenvalue weighted by Crippen LogP contribution is 2.36. The molecule has 0 aliphatic heterocycles. The summed E-state index contributed by atoms with van der Waals surface area (Å²) >= 11 is 1.35. The number of carbonyl (C=O) groups is 1. The van der Waals surface area contributed by atoms with E-state index in [-0.39, 0.29) is 17.6 Å². The molecule has 0 bridgehead atoms. The maximum Gasteiger partial charge on any atom is 0.319 e. The number of hydrogen-bond acceptors (Lipinski definition) is 6. The maximum atomic E-state index is 11.3. The molecule has 110 valence electrons. The number of carboxylic acids is 1. The first-order valence-corrected chi connectivity index (χ1v) is 7.44. The monoisotopic (exact) mass is 307 g/mol. The van der Waals surface area contributed by atoms with Crippen molar-refractivity contribution in [3.05, 3.63) is 27.8 Å². The van der Waals surface area contributed by atoms with Crippen molar-refractivity contribution >= 4 is 38.9 Å². The molecule has 0 spiro atoms. The Morgan fingerprint density at radius 1 is 1.48 bits per heavy atom. The van der Waals surface area contributed by atoms with Gasteiger partial charge in [-0.2, -0.15) is 0 Å². The summed E-state index contributed by atoms with van der Waals surface area (Å²) in [6, 6.07) is 3.42. The molecule has 1 fully saturated rings. The molecule has 0 amide bonds. The lowest BCUT2D eigenvalue weighted by Crippen LogP contribution is -2.18. The van der Waals surface area contributed by atoms with E-state index in [4.69, 9.17) is 5.11 Å². The van der Waals surface area contributed by atoms with Crippen LogP contribution in [0.4, 0.5) is 11.4 Å². The van der Waals surface area contributed by atoms with Gasteiger partial charge in [0.15, 0.2) is 5.52 Å². The summed E-state index contributed by atoms with van der Waals surface area (Å²) in [5.74, 6) is -1.17. The van der Waals surface area contributed by atoms with E-state index >= 15 is 0 Å². The number of aliphatic carboxylic acids is 1. The Balaban J connectivity index is 1.89. The first-order valence-electron chi connectivity index (χ1n) is 6.56. The number of carboxylic acid groups (broad SMARTS) is 1. The third-order valence-corrected chi connectivity index (χ3v) is 4.59. The number of nitro groups is 1. The first kappa shape index (κ1) is 13.7. The quantitative estimate of drug-likeness (QED) is 0.664. The van der Waals surface area contributed by atoms with Crippen LogP contribution >= 0.6 is 11.3 Å². The van der Waals surface area contributed by atoms with Crippen molar-refractivity contribution < 1.29 is 14.8 Å². The van der Waals surface area contributed by atoms with Crippen LogP contribution in [0.3, 0.4) is 0 Å². The summed E-state index contributed by atoms with van der Waals surface area (Å²) in [5, 5.41) is 23.4. The summed E-state index contributed by atoms with van der Waals surface area (Å²) in [5.41, 5.74) is 2.34. The van der Waals surface area contributed by atoms with Gasteiger partial charge in [0, 0.05) is 6.04 Å². The number of thiazole rings is 1. The van der Waals surface area contributed by atoms with Crippen molar-refractivity contribution in [2.45, 2.75) is 25.3 Å². The second kappa shape index (κ2) is 5.28. The Morgan fingerprint density at radius 3 is 2.95 bits per heavy atom. The lowest BCUT2D eigenvalue weighted by molar-refractivity contribution is -0.382. The molecule has 1 heterocycles. The Bertz CT molecular complexity index is 715. The number of benzene rings is 1. The highest BCUT2D eigenvalue weighted by atomic mass is 32.1. The van der Waals surface area contributed by atoms with Crippen molar-refractivity contribution in [2.24, 2.45) is 5.92 Å². The molecule has 1 aliphatic rings. The van der Waals surface area contributed by atoms with Crippen LogP contribution in [-0.2, 0) is 4.79 Å². The zero-order valence-corrected chi connectivity index (χ0v) is 11.8. The molecular formula is C13H13N3O4S. The topological polar surface area (TPSA) is 105 Å². The summed E-state index contributed by atoms with van der Waals surface area (Å²) < 4.78 is 0.766. The molecule has 1 aromatic heterocycles. The van der Waals surface area contributed by atoms with Crippen LogP contribution in [0.25, 0.3) is 10.2 Å². The van der Waals surface area contributed by atoms with Gasteiger partial charge in [-0.05, 0) is 31.4 Å². The number of fused-ring (bicyclic) bond motifs is 1. The van der Waals surface area contributed by atoms with E-state index < -0.39 is 10.9 Å². The second-order valence-corrected chi connectivity index (χ2v) is 5.99. The Labute approximate surface area is 123 Å². The lowest BCUT2D eigenvalue weighted by Gasteiger charge is -2.14. The number of hydrogen-bond donors (Lipinski definition) is 2. The van der Waals surface area contributed by atoms with E-state index in [0.29, 0.717) is 30.5 Å². The predicted molar refractivity (Wildman–Crippen MR) is 78.7 cm³/mol. The van der Waals surface area contributed by atoms with E-state index in [2.05, 4.69) is 10.3 Å². The number of aromatic nitrogens is 1. The van der Waals surface area contributed by atoms with Gasteiger partial charge in [-0.1, -0.05) is 0 Å². The predicted octanol–water partition coefficient (Wildman–Crippen LogP) is 2.87. The van der Waals surface area contributed by atoms with Gasteiger partial charge >= 0.3 is 11.7 Å². The van der Waals surface area contributed by atoms with E-state index in [9.17, 15) is 14.9 Å². The first-order chi connectivity index (χ1) is 10.1. The summed E-state index contributed by atoms with van der Waals surface area (Å²) in [6.45, 7) is 0. The molecule has 2 N–H and O–H groups in total. The molecule has 21 heavy (non-hydrogen) atoms. The van der Waals surface area contributed by atoms with E-state index in [1.54, 1.807) is 17.6 Å². The van der Waals surface area contributed by atoms with E-state index in [1.165, 1.54) is 11.3 Å². The third-order valence-electron chi connectivity index (χ3n) is 3.80. The molecule has 1 aromatic carbocycles. The fourth-order valence-electron chi connectivity index (χ4n) is 2.77. The van der Waals surface area contributed by atoms with Gasteiger partial charge in [0.1, 0.15) is 5.69 Å². The van der Waals surface area contributed by atoms with E-state index in [0.717, 1.165) is 4.70 Å². The molecule has 0 unspecified atom stereocenters. The van der Waals surface area contributed by atoms with Gasteiger partial charge in [0.25, 0.3) is 0 Å². The van der Waals surface area contributed by atoms with Crippen LogP contribution in [0, 0.1) is 16.0 Å². The van der Waals surface area contributed by atoms with Crippen LogP contribution in [0.1, 0.15) is 19.3 Å². The molecule has 1 aliphatic carbocycles. The molecular weight excluding hydrogens is 294 g/mol. The van der Waals surface area contributed by atoms with Gasteiger partial charge in [0.05, 0.1) is 21.1 Å². The number of anilines is 1.